The van der Waals surface area contributed by atoms with Crippen LogP contribution in [0.4, 0.5) is 0 Å². The van der Waals surface area contributed by atoms with E-state index in [9.17, 15) is 4.79 Å². The molecule has 0 aliphatic heterocycles. The zero-order valence-electron chi connectivity index (χ0n) is 10.6. The summed E-state index contributed by atoms with van der Waals surface area (Å²) in [6.07, 6.45) is 1.14. The second-order valence-corrected chi connectivity index (χ2v) is 4.04. The van der Waals surface area contributed by atoms with Gasteiger partial charge in [0.15, 0.2) is 6.10 Å². The summed E-state index contributed by atoms with van der Waals surface area (Å²) in [5.74, 6) is 0.581. The molecular formula is C14H19NO2. The number of rotatable bonds is 5. The van der Waals surface area contributed by atoms with E-state index in [0.29, 0.717) is 12.3 Å². The molecule has 0 saturated carbocycles. The van der Waals surface area contributed by atoms with Gasteiger partial charge in [-0.05, 0) is 44.0 Å². The maximum absolute atomic E-state index is 11.6. The minimum Gasteiger partial charge on any atom is -0.481 e. The Kier molecular flexibility index (Phi) is 4.76. The second kappa shape index (κ2) is 6.09. The average molecular weight is 233 g/mol. The lowest BCUT2D eigenvalue weighted by Crippen LogP contribution is -2.36. The Morgan fingerprint density at radius 1 is 1.47 bits per heavy atom. The van der Waals surface area contributed by atoms with E-state index in [2.05, 4.69) is 11.9 Å². The van der Waals surface area contributed by atoms with Crippen molar-refractivity contribution in [2.75, 3.05) is 6.54 Å². The summed E-state index contributed by atoms with van der Waals surface area (Å²) in [5, 5.41) is 2.70. The SMILES string of the molecule is C=CCNC(=O)[C@H](C)Oc1ccc(C)c(C)c1. The Balaban J connectivity index is 2.61. The van der Waals surface area contributed by atoms with Gasteiger partial charge in [0, 0.05) is 6.54 Å². The van der Waals surface area contributed by atoms with Crippen LogP contribution in [0.5, 0.6) is 5.75 Å². The predicted molar refractivity (Wildman–Crippen MR) is 69.2 cm³/mol. The monoisotopic (exact) mass is 233 g/mol. The molecule has 0 aliphatic rings. The van der Waals surface area contributed by atoms with Gasteiger partial charge in [0.25, 0.3) is 5.91 Å². The third kappa shape index (κ3) is 3.94. The number of amides is 1. The molecule has 1 aromatic rings. The van der Waals surface area contributed by atoms with Crippen LogP contribution in [0.25, 0.3) is 0 Å². The zero-order valence-corrected chi connectivity index (χ0v) is 10.6. The minimum atomic E-state index is -0.503. The number of carbonyl (C=O) groups is 1. The number of aryl methyl sites for hydroxylation is 2. The highest BCUT2D eigenvalue weighted by molar-refractivity contribution is 5.80. The smallest absolute Gasteiger partial charge is 0.261 e. The number of hydrogen-bond donors (Lipinski definition) is 1. The molecule has 0 unspecified atom stereocenters. The normalized spacial score (nSPS) is 11.7. The van der Waals surface area contributed by atoms with Crippen LogP contribution < -0.4 is 10.1 Å². The maximum atomic E-state index is 11.6. The van der Waals surface area contributed by atoms with Gasteiger partial charge in [0.05, 0.1) is 0 Å². The van der Waals surface area contributed by atoms with E-state index in [1.165, 1.54) is 5.56 Å². The molecule has 0 aliphatic carbocycles. The van der Waals surface area contributed by atoms with Gasteiger partial charge in [-0.3, -0.25) is 4.79 Å². The molecule has 1 atom stereocenters. The number of hydrogen-bond acceptors (Lipinski definition) is 2. The first-order valence-corrected chi connectivity index (χ1v) is 5.67. The van der Waals surface area contributed by atoms with Crippen molar-refractivity contribution < 1.29 is 9.53 Å². The average Bonchev–Trinajstić information content (AvgIpc) is 2.30. The standard InChI is InChI=1S/C14H19NO2/c1-5-8-15-14(16)12(4)17-13-7-6-10(2)11(3)9-13/h5-7,9,12H,1,8H2,2-4H3,(H,15,16)/t12-/m0/s1. The molecule has 3 heteroatoms. The van der Waals surface area contributed by atoms with Crippen molar-refractivity contribution >= 4 is 5.91 Å². The summed E-state index contributed by atoms with van der Waals surface area (Å²) in [7, 11) is 0. The highest BCUT2D eigenvalue weighted by Gasteiger charge is 2.13. The molecule has 0 bridgehead atoms. The van der Waals surface area contributed by atoms with Crippen LogP contribution in [0, 0.1) is 13.8 Å². The number of benzene rings is 1. The molecule has 1 aromatic carbocycles. The fourth-order valence-electron chi connectivity index (χ4n) is 1.36. The van der Waals surface area contributed by atoms with Crippen LogP contribution in [0.2, 0.25) is 0 Å². The van der Waals surface area contributed by atoms with E-state index in [1.54, 1.807) is 13.0 Å². The summed E-state index contributed by atoms with van der Waals surface area (Å²) in [4.78, 5) is 11.6. The molecule has 17 heavy (non-hydrogen) atoms. The highest BCUT2D eigenvalue weighted by atomic mass is 16.5. The lowest BCUT2D eigenvalue weighted by Gasteiger charge is -2.14. The molecule has 3 nitrogen and oxygen atoms in total. The molecule has 92 valence electrons. The summed E-state index contributed by atoms with van der Waals surface area (Å²) in [5.41, 5.74) is 2.36. The molecule has 0 aromatic heterocycles. The van der Waals surface area contributed by atoms with E-state index in [4.69, 9.17) is 4.74 Å². The van der Waals surface area contributed by atoms with Crippen molar-refractivity contribution in [2.45, 2.75) is 26.9 Å². The van der Waals surface area contributed by atoms with Crippen LogP contribution >= 0.6 is 0 Å². The lowest BCUT2D eigenvalue weighted by atomic mass is 10.1. The Morgan fingerprint density at radius 2 is 2.18 bits per heavy atom. The summed E-state index contributed by atoms with van der Waals surface area (Å²) in [6.45, 7) is 9.79. The van der Waals surface area contributed by atoms with Crippen molar-refractivity contribution in [1.29, 1.82) is 0 Å². The molecule has 0 spiro atoms. The first-order chi connectivity index (χ1) is 8.04. The quantitative estimate of drug-likeness (QED) is 0.793. The van der Waals surface area contributed by atoms with Gasteiger partial charge >= 0.3 is 0 Å². The number of nitrogens with one attached hydrogen (secondary N) is 1. The van der Waals surface area contributed by atoms with Crippen molar-refractivity contribution in [1.82, 2.24) is 5.32 Å². The minimum absolute atomic E-state index is 0.136. The van der Waals surface area contributed by atoms with Crippen LogP contribution in [0.15, 0.2) is 30.9 Å². The molecule has 1 rings (SSSR count). The van der Waals surface area contributed by atoms with Crippen molar-refractivity contribution in [3.63, 3.8) is 0 Å². The molecule has 0 fully saturated rings. The fraction of sp³-hybridized carbons (Fsp3) is 0.357. The van der Waals surface area contributed by atoms with Gasteiger partial charge in [-0.15, -0.1) is 6.58 Å². The Bertz CT molecular complexity index is 413. The largest absolute Gasteiger partial charge is 0.481 e. The fourth-order valence-corrected chi connectivity index (χ4v) is 1.36. The van der Waals surface area contributed by atoms with E-state index < -0.39 is 6.10 Å². The first-order valence-electron chi connectivity index (χ1n) is 5.67. The number of ether oxygens (including phenoxy) is 1. The van der Waals surface area contributed by atoms with Gasteiger partial charge in [0.2, 0.25) is 0 Å². The van der Waals surface area contributed by atoms with Crippen LogP contribution in [-0.2, 0) is 4.79 Å². The van der Waals surface area contributed by atoms with Gasteiger partial charge in [-0.25, -0.2) is 0 Å². The Morgan fingerprint density at radius 3 is 2.76 bits per heavy atom. The van der Waals surface area contributed by atoms with Gasteiger partial charge in [-0.2, -0.15) is 0 Å². The van der Waals surface area contributed by atoms with Gasteiger partial charge in [0.1, 0.15) is 5.75 Å². The van der Waals surface area contributed by atoms with E-state index >= 15 is 0 Å². The van der Waals surface area contributed by atoms with E-state index in [1.807, 2.05) is 32.0 Å². The molecular weight excluding hydrogens is 214 g/mol. The summed E-state index contributed by atoms with van der Waals surface area (Å²) < 4.78 is 5.56. The Labute approximate surface area is 102 Å². The van der Waals surface area contributed by atoms with Gasteiger partial charge in [-0.1, -0.05) is 12.1 Å². The summed E-state index contributed by atoms with van der Waals surface area (Å²) in [6, 6.07) is 5.80. The molecule has 0 heterocycles. The van der Waals surface area contributed by atoms with Crippen LogP contribution in [0.1, 0.15) is 18.1 Å². The van der Waals surface area contributed by atoms with Crippen molar-refractivity contribution in [3.8, 4) is 5.75 Å². The summed E-state index contributed by atoms with van der Waals surface area (Å²) >= 11 is 0. The maximum Gasteiger partial charge on any atom is 0.261 e. The molecule has 0 radical (unpaired) electrons. The van der Waals surface area contributed by atoms with E-state index in [-0.39, 0.29) is 5.91 Å². The zero-order chi connectivity index (χ0) is 12.8. The molecule has 0 saturated heterocycles. The van der Waals surface area contributed by atoms with E-state index in [0.717, 1.165) is 5.56 Å². The molecule has 1 N–H and O–H groups in total. The van der Waals surface area contributed by atoms with Crippen LogP contribution in [-0.4, -0.2) is 18.6 Å². The lowest BCUT2D eigenvalue weighted by molar-refractivity contribution is -0.127. The van der Waals surface area contributed by atoms with Crippen LogP contribution in [0.3, 0.4) is 0 Å². The first kappa shape index (κ1) is 13.3. The predicted octanol–water partition coefficient (Wildman–Crippen LogP) is 2.37. The van der Waals surface area contributed by atoms with Crippen molar-refractivity contribution in [2.24, 2.45) is 0 Å². The molecule has 1 amide bonds. The Hall–Kier alpha value is -1.77. The highest BCUT2D eigenvalue weighted by Crippen LogP contribution is 2.17. The third-order valence-electron chi connectivity index (χ3n) is 2.58. The van der Waals surface area contributed by atoms with Gasteiger partial charge < -0.3 is 10.1 Å². The number of carbonyl (C=O) groups excluding carboxylic acids is 1. The topological polar surface area (TPSA) is 38.3 Å². The third-order valence-corrected chi connectivity index (χ3v) is 2.58. The second-order valence-electron chi connectivity index (χ2n) is 4.04. The van der Waals surface area contributed by atoms with Crippen molar-refractivity contribution in [3.05, 3.63) is 42.0 Å².